The van der Waals surface area contributed by atoms with E-state index in [2.05, 4.69) is 10.6 Å². The molecule has 1 aromatic carbocycles. The van der Waals surface area contributed by atoms with E-state index in [1.54, 1.807) is 0 Å². The number of amides is 2. The maximum absolute atomic E-state index is 11.8. The van der Waals surface area contributed by atoms with Gasteiger partial charge in [0.2, 0.25) is 0 Å². The second-order valence-electron chi connectivity index (χ2n) is 3.56. The van der Waals surface area contributed by atoms with Gasteiger partial charge in [0.05, 0.1) is 5.56 Å². The summed E-state index contributed by atoms with van der Waals surface area (Å²) in [6.07, 6.45) is 0. The molecule has 0 atom stereocenters. The highest BCUT2D eigenvalue weighted by molar-refractivity contribution is 8.00. The van der Waals surface area contributed by atoms with Crippen molar-refractivity contribution >= 4 is 29.4 Å². The number of rotatable bonds is 5. The Labute approximate surface area is 116 Å². The highest BCUT2D eigenvalue weighted by Crippen LogP contribution is 2.29. The predicted molar refractivity (Wildman–Crippen MR) is 68.9 cm³/mol. The molecule has 0 bridgehead atoms. The molecule has 0 aromatic heterocycles. The number of halogens is 3. The molecule has 0 aliphatic carbocycles. The normalized spacial score (nSPS) is 10.9. The Balaban J connectivity index is 2.33. The molecule has 0 heterocycles. The van der Waals surface area contributed by atoms with E-state index in [1.165, 1.54) is 24.3 Å². The van der Waals surface area contributed by atoms with E-state index in [0.29, 0.717) is 5.69 Å². The van der Waals surface area contributed by atoms with Crippen molar-refractivity contribution < 1.29 is 27.9 Å². The van der Waals surface area contributed by atoms with Crippen molar-refractivity contribution in [3.05, 3.63) is 29.8 Å². The average Bonchev–Trinajstić information content (AvgIpc) is 2.34. The van der Waals surface area contributed by atoms with E-state index in [0.717, 1.165) is 0 Å². The van der Waals surface area contributed by atoms with Crippen molar-refractivity contribution in [2.75, 3.05) is 17.6 Å². The van der Waals surface area contributed by atoms with Gasteiger partial charge in [0.25, 0.3) is 0 Å². The molecular formula is C11H11F3N2O3S. The van der Waals surface area contributed by atoms with Crippen molar-refractivity contribution in [1.29, 1.82) is 0 Å². The number of carbonyl (C=O) groups is 2. The van der Waals surface area contributed by atoms with Gasteiger partial charge in [-0.25, -0.2) is 9.59 Å². The molecule has 0 aliphatic heterocycles. The van der Waals surface area contributed by atoms with Crippen LogP contribution in [0.25, 0.3) is 0 Å². The second-order valence-corrected chi connectivity index (χ2v) is 4.72. The summed E-state index contributed by atoms with van der Waals surface area (Å²) in [6.45, 7) is -0.136. The lowest BCUT2D eigenvalue weighted by Crippen LogP contribution is -2.31. The van der Waals surface area contributed by atoms with E-state index < -0.39 is 17.5 Å². The summed E-state index contributed by atoms with van der Waals surface area (Å²) in [6, 6.07) is 4.71. The summed E-state index contributed by atoms with van der Waals surface area (Å²) in [5, 5.41) is 13.3. The van der Waals surface area contributed by atoms with Crippen LogP contribution >= 0.6 is 11.8 Å². The van der Waals surface area contributed by atoms with E-state index in [4.69, 9.17) is 5.11 Å². The van der Waals surface area contributed by atoms with Gasteiger partial charge in [0.15, 0.2) is 0 Å². The fourth-order valence-corrected chi connectivity index (χ4v) is 1.64. The molecule has 2 amide bonds. The van der Waals surface area contributed by atoms with Crippen LogP contribution in [0, 0.1) is 0 Å². The zero-order valence-corrected chi connectivity index (χ0v) is 10.8. The van der Waals surface area contributed by atoms with Crippen molar-refractivity contribution in [1.82, 2.24) is 5.32 Å². The van der Waals surface area contributed by atoms with Crippen LogP contribution in [0.15, 0.2) is 24.3 Å². The van der Waals surface area contributed by atoms with Gasteiger partial charge in [-0.15, -0.1) is 0 Å². The minimum Gasteiger partial charge on any atom is -0.478 e. The predicted octanol–water partition coefficient (Wildman–Crippen LogP) is 2.76. The third kappa shape index (κ3) is 6.32. The third-order valence-corrected chi connectivity index (χ3v) is 2.78. The number of hydrogen-bond acceptors (Lipinski definition) is 3. The topological polar surface area (TPSA) is 78.4 Å². The first kappa shape index (κ1) is 16.2. The lowest BCUT2D eigenvalue weighted by Gasteiger charge is -2.08. The SMILES string of the molecule is O=C(NCCSC(F)(F)F)Nc1ccc(C(=O)O)cc1. The molecule has 0 saturated heterocycles. The minimum absolute atomic E-state index is 0.0672. The Morgan fingerprint density at radius 1 is 1.20 bits per heavy atom. The summed E-state index contributed by atoms with van der Waals surface area (Å²) >= 11 is -0.221. The summed E-state index contributed by atoms with van der Waals surface area (Å²) in [5.41, 5.74) is -3.90. The van der Waals surface area contributed by atoms with E-state index in [-0.39, 0.29) is 29.6 Å². The van der Waals surface area contributed by atoms with Gasteiger partial charge in [-0.1, -0.05) is 0 Å². The summed E-state index contributed by atoms with van der Waals surface area (Å²) < 4.78 is 35.4. The molecule has 0 unspecified atom stereocenters. The maximum Gasteiger partial charge on any atom is 0.441 e. The lowest BCUT2D eigenvalue weighted by atomic mass is 10.2. The molecule has 0 spiro atoms. The molecule has 5 nitrogen and oxygen atoms in total. The number of hydrogen-bond donors (Lipinski definition) is 3. The van der Waals surface area contributed by atoms with Gasteiger partial charge in [0.1, 0.15) is 0 Å². The van der Waals surface area contributed by atoms with Crippen LogP contribution < -0.4 is 10.6 Å². The number of alkyl halides is 3. The molecule has 0 radical (unpaired) electrons. The minimum atomic E-state index is -4.31. The Morgan fingerprint density at radius 3 is 2.30 bits per heavy atom. The quantitative estimate of drug-likeness (QED) is 0.731. The van der Waals surface area contributed by atoms with E-state index in [9.17, 15) is 22.8 Å². The van der Waals surface area contributed by atoms with Gasteiger partial charge >= 0.3 is 17.5 Å². The molecular weight excluding hydrogens is 297 g/mol. The highest BCUT2D eigenvalue weighted by Gasteiger charge is 2.27. The summed E-state index contributed by atoms with van der Waals surface area (Å²) in [4.78, 5) is 21.9. The fraction of sp³-hybridized carbons (Fsp3) is 0.273. The van der Waals surface area contributed by atoms with Crippen LogP contribution in [-0.2, 0) is 0 Å². The Kier molecular flexibility index (Phi) is 5.68. The Bertz CT molecular complexity index is 477. The zero-order chi connectivity index (χ0) is 15.2. The molecule has 1 rings (SSSR count). The number of carboxylic acid groups (broad SMARTS) is 1. The first-order valence-electron chi connectivity index (χ1n) is 5.37. The molecule has 20 heavy (non-hydrogen) atoms. The van der Waals surface area contributed by atoms with Crippen molar-refractivity contribution in [3.8, 4) is 0 Å². The Hall–Kier alpha value is -1.90. The lowest BCUT2D eigenvalue weighted by molar-refractivity contribution is -0.0327. The van der Waals surface area contributed by atoms with Crippen LogP contribution in [0.5, 0.6) is 0 Å². The largest absolute Gasteiger partial charge is 0.478 e. The number of nitrogens with one attached hydrogen (secondary N) is 2. The molecule has 9 heteroatoms. The van der Waals surface area contributed by atoms with Crippen molar-refractivity contribution in [2.24, 2.45) is 0 Å². The van der Waals surface area contributed by atoms with Gasteiger partial charge in [-0.3, -0.25) is 0 Å². The van der Waals surface area contributed by atoms with E-state index >= 15 is 0 Å². The van der Waals surface area contributed by atoms with Crippen LogP contribution in [0.3, 0.4) is 0 Å². The smallest absolute Gasteiger partial charge is 0.441 e. The number of urea groups is 1. The van der Waals surface area contributed by atoms with Crippen LogP contribution in [0.1, 0.15) is 10.4 Å². The van der Waals surface area contributed by atoms with Gasteiger partial charge in [0, 0.05) is 18.0 Å². The van der Waals surface area contributed by atoms with Gasteiger partial charge in [-0.05, 0) is 36.0 Å². The first-order valence-corrected chi connectivity index (χ1v) is 6.35. The summed E-state index contributed by atoms with van der Waals surface area (Å²) in [5.74, 6) is -1.38. The third-order valence-electron chi connectivity index (χ3n) is 2.04. The molecule has 1 aromatic rings. The van der Waals surface area contributed by atoms with Crippen LogP contribution in [0.2, 0.25) is 0 Å². The summed E-state index contributed by atoms with van der Waals surface area (Å²) in [7, 11) is 0. The number of carbonyl (C=O) groups excluding carboxylic acids is 1. The average molecular weight is 308 g/mol. The Morgan fingerprint density at radius 2 is 1.80 bits per heavy atom. The molecule has 0 saturated carbocycles. The number of thioether (sulfide) groups is 1. The van der Waals surface area contributed by atoms with Crippen molar-refractivity contribution in [2.45, 2.75) is 5.51 Å². The van der Waals surface area contributed by atoms with E-state index in [1.807, 2.05) is 0 Å². The number of aromatic carboxylic acids is 1. The molecule has 0 fully saturated rings. The highest BCUT2D eigenvalue weighted by atomic mass is 32.2. The van der Waals surface area contributed by atoms with Gasteiger partial charge < -0.3 is 15.7 Å². The van der Waals surface area contributed by atoms with Crippen LogP contribution in [-0.4, -0.2) is 34.9 Å². The number of carboxylic acids is 1. The standard InChI is InChI=1S/C11H11F3N2O3S/c12-11(13,14)20-6-5-15-10(19)16-8-3-1-7(2-4-8)9(17)18/h1-4H,5-6H2,(H,17,18)(H2,15,16,19). The maximum atomic E-state index is 11.8. The van der Waals surface area contributed by atoms with Gasteiger partial charge in [-0.2, -0.15) is 13.2 Å². The monoisotopic (exact) mass is 308 g/mol. The first-order chi connectivity index (χ1) is 9.28. The second kappa shape index (κ2) is 7.04. The van der Waals surface area contributed by atoms with Crippen molar-refractivity contribution in [3.63, 3.8) is 0 Å². The van der Waals surface area contributed by atoms with Crippen LogP contribution in [0.4, 0.5) is 23.7 Å². The number of benzene rings is 1. The number of anilines is 1. The molecule has 110 valence electrons. The molecule has 0 aliphatic rings. The fourth-order valence-electron chi connectivity index (χ4n) is 1.20. The molecule has 3 N–H and O–H groups in total. The zero-order valence-electron chi connectivity index (χ0n) is 10.0.